The summed E-state index contributed by atoms with van der Waals surface area (Å²) in [6.07, 6.45) is 4.01. The first-order valence-electron chi connectivity index (χ1n) is 5.04. The molecule has 2 aromatic rings. The zero-order valence-electron chi connectivity index (χ0n) is 8.77. The Labute approximate surface area is 89.4 Å². The minimum atomic E-state index is 0.565. The molecule has 0 radical (unpaired) electrons. The van der Waals surface area contributed by atoms with Crippen LogP contribution in [0.5, 0.6) is 0 Å². The number of nitrogens with zero attached hydrogens (tertiary/aromatic N) is 1. The van der Waals surface area contributed by atoms with Crippen molar-refractivity contribution in [3.05, 3.63) is 47.7 Å². The molecule has 1 heterocycles. The maximum Gasteiger partial charge on any atom is 0.0711 e. The summed E-state index contributed by atoms with van der Waals surface area (Å²) >= 11 is 0. The first kappa shape index (κ1) is 9.87. The number of aromatic nitrogens is 1. The molecule has 0 unspecified atom stereocenters. The highest BCUT2D eigenvalue weighted by Gasteiger charge is 1.99. The molecule has 2 rings (SSSR count). The van der Waals surface area contributed by atoms with E-state index in [1.807, 2.05) is 31.2 Å². The van der Waals surface area contributed by atoms with Gasteiger partial charge in [-0.15, -0.1) is 0 Å². The lowest BCUT2D eigenvalue weighted by Gasteiger charge is -2.03. The summed E-state index contributed by atoms with van der Waals surface area (Å²) in [5.41, 5.74) is 8.71. The van der Waals surface area contributed by atoms with Crippen molar-refractivity contribution in [3.8, 4) is 0 Å². The molecule has 0 atom stereocenters. The quantitative estimate of drug-likeness (QED) is 0.805. The van der Waals surface area contributed by atoms with E-state index in [0.717, 1.165) is 11.2 Å². The summed E-state index contributed by atoms with van der Waals surface area (Å²) in [6.45, 7) is 2.57. The molecule has 0 saturated heterocycles. The second kappa shape index (κ2) is 4.24. The van der Waals surface area contributed by atoms with Crippen LogP contribution in [-0.4, -0.2) is 11.5 Å². The monoisotopic (exact) mass is 198 g/mol. The third kappa shape index (κ3) is 2.05. The molecule has 0 spiro atoms. The van der Waals surface area contributed by atoms with Crippen LogP contribution in [0.25, 0.3) is 17.0 Å². The van der Waals surface area contributed by atoms with Gasteiger partial charge in [-0.3, -0.25) is 4.98 Å². The summed E-state index contributed by atoms with van der Waals surface area (Å²) in [6, 6.07) is 10.2. The summed E-state index contributed by atoms with van der Waals surface area (Å²) in [5.74, 6) is 0. The number of fused-ring (bicyclic) bond motifs is 1. The zero-order valence-corrected chi connectivity index (χ0v) is 8.77. The molecule has 2 heteroatoms. The summed E-state index contributed by atoms with van der Waals surface area (Å²) in [4.78, 5) is 4.48. The van der Waals surface area contributed by atoms with Crippen molar-refractivity contribution >= 4 is 17.0 Å². The van der Waals surface area contributed by atoms with Crippen molar-refractivity contribution in [1.29, 1.82) is 0 Å². The van der Waals surface area contributed by atoms with Crippen molar-refractivity contribution in [2.75, 3.05) is 6.54 Å². The molecule has 2 N–H and O–H groups in total. The highest BCUT2D eigenvalue weighted by molar-refractivity contribution is 5.87. The molecule has 0 aliphatic rings. The topological polar surface area (TPSA) is 38.9 Å². The van der Waals surface area contributed by atoms with Crippen LogP contribution >= 0.6 is 0 Å². The minimum Gasteiger partial charge on any atom is -0.327 e. The van der Waals surface area contributed by atoms with E-state index in [4.69, 9.17) is 5.73 Å². The van der Waals surface area contributed by atoms with Crippen molar-refractivity contribution in [2.45, 2.75) is 6.92 Å². The smallest absolute Gasteiger partial charge is 0.0711 e. The number of hydrogen-bond donors (Lipinski definition) is 1. The van der Waals surface area contributed by atoms with E-state index in [1.54, 1.807) is 0 Å². The number of pyridine rings is 1. The van der Waals surface area contributed by atoms with E-state index in [0.29, 0.717) is 6.54 Å². The van der Waals surface area contributed by atoms with Gasteiger partial charge in [0.15, 0.2) is 0 Å². The summed E-state index contributed by atoms with van der Waals surface area (Å²) in [5, 5.41) is 1.17. The van der Waals surface area contributed by atoms with Gasteiger partial charge in [0.25, 0.3) is 0 Å². The molecule has 0 amide bonds. The molecule has 0 saturated carbocycles. The third-order valence-electron chi connectivity index (χ3n) is 2.31. The van der Waals surface area contributed by atoms with Gasteiger partial charge in [-0.05, 0) is 24.6 Å². The van der Waals surface area contributed by atoms with E-state index in [1.165, 1.54) is 10.9 Å². The van der Waals surface area contributed by atoms with Crippen molar-refractivity contribution in [2.24, 2.45) is 5.73 Å². The average Bonchev–Trinajstić information content (AvgIpc) is 2.25. The van der Waals surface area contributed by atoms with Crippen molar-refractivity contribution in [3.63, 3.8) is 0 Å². The van der Waals surface area contributed by atoms with Crippen molar-refractivity contribution in [1.82, 2.24) is 4.98 Å². The van der Waals surface area contributed by atoms with E-state index >= 15 is 0 Å². The second-order valence-corrected chi connectivity index (χ2v) is 3.51. The molecule has 1 aromatic carbocycles. The van der Waals surface area contributed by atoms with Crippen molar-refractivity contribution < 1.29 is 0 Å². The fourth-order valence-electron chi connectivity index (χ4n) is 1.67. The van der Waals surface area contributed by atoms with Gasteiger partial charge in [0.1, 0.15) is 0 Å². The Balaban J connectivity index is 2.65. The fourth-order valence-corrected chi connectivity index (χ4v) is 1.67. The van der Waals surface area contributed by atoms with Crippen LogP contribution in [0.1, 0.15) is 11.3 Å². The zero-order chi connectivity index (χ0) is 10.7. The minimum absolute atomic E-state index is 0.565. The number of benzene rings is 1. The van der Waals surface area contributed by atoms with Gasteiger partial charge in [0.05, 0.1) is 5.52 Å². The van der Waals surface area contributed by atoms with Crippen LogP contribution in [0.4, 0.5) is 0 Å². The van der Waals surface area contributed by atoms with Crippen LogP contribution in [0, 0.1) is 6.92 Å². The van der Waals surface area contributed by atoms with E-state index in [9.17, 15) is 0 Å². The van der Waals surface area contributed by atoms with Gasteiger partial charge in [-0.25, -0.2) is 0 Å². The maximum absolute atomic E-state index is 5.46. The third-order valence-corrected chi connectivity index (χ3v) is 2.31. The predicted octanol–water partition coefficient (Wildman–Crippen LogP) is 2.52. The molecular formula is C13H14N2. The van der Waals surface area contributed by atoms with Gasteiger partial charge in [-0.1, -0.05) is 30.4 Å². The van der Waals surface area contributed by atoms with Gasteiger partial charge in [0.2, 0.25) is 0 Å². The first-order valence-corrected chi connectivity index (χ1v) is 5.04. The molecule has 0 bridgehead atoms. The molecule has 1 aromatic heterocycles. The van der Waals surface area contributed by atoms with Crippen LogP contribution in [-0.2, 0) is 0 Å². The molecule has 0 aliphatic heterocycles. The molecule has 76 valence electrons. The molecule has 15 heavy (non-hydrogen) atoms. The maximum atomic E-state index is 5.46. The highest BCUT2D eigenvalue weighted by atomic mass is 14.7. The van der Waals surface area contributed by atoms with Crippen LogP contribution in [0.3, 0.4) is 0 Å². The SMILES string of the molecule is Cc1cc(/C=C/CN)c2ccccc2n1. The Hall–Kier alpha value is -1.67. The number of para-hydroxylation sites is 1. The first-order chi connectivity index (χ1) is 7.31. The number of nitrogens with two attached hydrogens (primary N) is 1. The van der Waals surface area contributed by atoms with Gasteiger partial charge >= 0.3 is 0 Å². The lowest BCUT2D eigenvalue weighted by molar-refractivity contribution is 1.24. The van der Waals surface area contributed by atoms with Crippen LogP contribution < -0.4 is 5.73 Å². The number of aryl methyl sites for hydroxylation is 1. The Morgan fingerprint density at radius 1 is 1.33 bits per heavy atom. The highest BCUT2D eigenvalue weighted by Crippen LogP contribution is 2.19. The molecular weight excluding hydrogens is 184 g/mol. The van der Waals surface area contributed by atoms with E-state index in [2.05, 4.69) is 23.2 Å². The fraction of sp³-hybridized carbons (Fsp3) is 0.154. The number of rotatable bonds is 2. The summed E-state index contributed by atoms with van der Waals surface area (Å²) < 4.78 is 0. The Morgan fingerprint density at radius 2 is 2.13 bits per heavy atom. The van der Waals surface area contributed by atoms with Crippen LogP contribution in [0.15, 0.2) is 36.4 Å². The van der Waals surface area contributed by atoms with E-state index in [-0.39, 0.29) is 0 Å². The second-order valence-electron chi connectivity index (χ2n) is 3.51. The van der Waals surface area contributed by atoms with Crippen LogP contribution in [0.2, 0.25) is 0 Å². The normalized spacial score (nSPS) is 11.3. The Kier molecular flexibility index (Phi) is 2.79. The average molecular weight is 198 g/mol. The lowest BCUT2D eigenvalue weighted by atomic mass is 10.1. The summed E-state index contributed by atoms with van der Waals surface area (Å²) in [7, 11) is 0. The molecule has 0 fully saturated rings. The Bertz CT molecular complexity index is 501. The largest absolute Gasteiger partial charge is 0.327 e. The van der Waals surface area contributed by atoms with Gasteiger partial charge in [-0.2, -0.15) is 0 Å². The lowest BCUT2D eigenvalue weighted by Crippen LogP contribution is -1.93. The predicted molar refractivity (Wildman–Crippen MR) is 64.6 cm³/mol. The van der Waals surface area contributed by atoms with Gasteiger partial charge < -0.3 is 5.73 Å². The Morgan fingerprint density at radius 3 is 2.93 bits per heavy atom. The van der Waals surface area contributed by atoms with Gasteiger partial charge in [0, 0.05) is 17.6 Å². The molecule has 2 nitrogen and oxygen atoms in total. The number of hydrogen-bond acceptors (Lipinski definition) is 2. The standard InChI is InChI=1S/C13H14N2/c1-10-9-11(5-4-8-14)12-6-2-3-7-13(12)15-10/h2-7,9H,8,14H2,1H3/b5-4+. The van der Waals surface area contributed by atoms with E-state index < -0.39 is 0 Å². The molecule has 0 aliphatic carbocycles.